The molecule has 4 unspecified atom stereocenters. The van der Waals surface area contributed by atoms with Crippen LogP contribution in [0, 0.1) is 0 Å². The Morgan fingerprint density at radius 2 is 0.873 bits per heavy atom. The van der Waals surface area contributed by atoms with E-state index in [-0.39, 0.29) is 26.2 Å². The first-order valence-corrected chi connectivity index (χ1v) is 25.2. The minimum absolute atomic E-state index is 0.0628. The van der Waals surface area contributed by atoms with Crippen LogP contribution < -0.4 is 11.1 Å². The molecule has 0 aliphatic heterocycles. The summed E-state index contributed by atoms with van der Waals surface area (Å²) in [6.07, 6.45) is 41.4. The van der Waals surface area contributed by atoms with Gasteiger partial charge in [0.1, 0.15) is 0 Å². The van der Waals surface area contributed by atoms with Gasteiger partial charge in [0.25, 0.3) is 0 Å². The second kappa shape index (κ2) is 41.6. The fourth-order valence-electron chi connectivity index (χ4n) is 7.42. The first-order valence-electron chi connectivity index (χ1n) is 23.7. The summed E-state index contributed by atoms with van der Waals surface area (Å²) in [6, 6.07) is -0.890. The maximum atomic E-state index is 12.9. The average Bonchev–Trinajstić information content (AvgIpc) is 3.16. The second-order valence-electron chi connectivity index (χ2n) is 16.5. The van der Waals surface area contributed by atoms with Gasteiger partial charge in [-0.2, -0.15) is 0 Å². The van der Waals surface area contributed by atoms with E-state index in [9.17, 15) is 24.5 Å². The number of amides is 1. The Bertz CT molecular complexity index is 852. The van der Waals surface area contributed by atoms with Gasteiger partial charge in [0.2, 0.25) is 5.91 Å². The maximum Gasteiger partial charge on any atom is 0.472 e. The lowest BCUT2D eigenvalue weighted by Gasteiger charge is -2.25. The molecule has 0 aliphatic rings. The van der Waals surface area contributed by atoms with Gasteiger partial charge in [0, 0.05) is 6.54 Å². The van der Waals surface area contributed by atoms with Crippen molar-refractivity contribution in [3.8, 4) is 0 Å². The molecule has 0 radical (unpaired) electrons. The number of aliphatic hydroxyl groups excluding tert-OH is 2. The molecule has 0 heterocycles. The van der Waals surface area contributed by atoms with Gasteiger partial charge in [0.05, 0.1) is 37.9 Å². The predicted molar refractivity (Wildman–Crippen MR) is 232 cm³/mol. The van der Waals surface area contributed by atoms with E-state index in [1.54, 1.807) is 0 Å². The third-order valence-electron chi connectivity index (χ3n) is 11.0. The molecule has 0 bridgehead atoms. The molecule has 0 aromatic rings. The Morgan fingerprint density at radius 3 is 1.22 bits per heavy atom. The summed E-state index contributed by atoms with van der Waals surface area (Å²) in [5.74, 6) is -0.408. The molecule has 55 heavy (non-hydrogen) atoms. The quantitative estimate of drug-likeness (QED) is 0.0301. The number of aliphatic hydroxyl groups is 2. The largest absolute Gasteiger partial charge is 0.472 e. The number of phosphoric ester groups is 1. The molecule has 0 aromatic carbocycles. The van der Waals surface area contributed by atoms with Gasteiger partial charge in [-0.05, 0) is 12.8 Å². The van der Waals surface area contributed by atoms with E-state index in [2.05, 4.69) is 19.2 Å². The highest BCUT2D eigenvalue weighted by Gasteiger charge is 2.28. The van der Waals surface area contributed by atoms with E-state index in [0.29, 0.717) is 12.8 Å². The van der Waals surface area contributed by atoms with Crippen LogP contribution in [0.15, 0.2) is 0 Å². The molecule has 0 spiro atoms. The Morgan fingerprint density at radius 1 is 0.545 bits per heavy atom. The highest BCUT2D eigenvalue weighted by atomic mass is 31.2. The highest BCUT2D eigenvalue weighted by Crippen LogP contribution is 2.43. The SMILES string of the molecule is CCCCCCCCCCCCCCCCCCCCC(O)CC(=O)NC(COP(=O)(O)OCCN)C(O)CCCCCCCCCCCCCCCCC. The van der Waals surface area contributed by atoms with Gasteiger partial charge in [-0.15, -0.1) is 0 Å². The average molecular weight is 805 g/mol. The van der Waals surface area contributed by atoms with Crippen LogP contribution >= 0.6 is 7.82 Å². The maximum absolute atomic E-state index is 12.9. The Hall–Kier alpha value is -0.540. The van der Waals surface area contributed by atoms with E-state index in [0.717, 1.165) is 38.5 Å². The monoisotopic (exact) mass is 805 g/mol. The molecule has 4 atom stereocenters. The molecule has 10 heteroatoms. The summed E-state index contributed by atoms with van der Waals surface area (Å²) in [6.45, 7) is 4.08. The lowest BCUT2D eigenvalue weighted by atomic mass is 10.0. The minimum Gasteiger partial charge on any atom is -0.393 e. The van der Waals surface area contributed by atoms with Gasteiger partial charge in [0.15, 0.2) is 0 Å². The molecule has 0 aromatic heterocycles. The van der Waals surface area contributed by atoms with Crippen molar-refractivity contribution >= 4 is 13.7 Å². The molecular weight excluding hydrogens is 711 g/mol. The number of hydrogen-bond donors (Lipinski definition) is 5. The van der Waals surface area contributed by atoms with Gasteiger partial charge in [-0.25, -0.2) is 4.57 Å². The van der Waals surface area contributed by atoms with Gasteiger partial charge in [-0.3, -0.25) is 13.8 Å². The highest BCUT2D eigenvalue weighted by molar-refractivity contribution is 7.47. The summed E-state index contributed by atoms with van der Waals surface area (Å²) in [5, 5.41) is 24.2. The zero-order chi connectivity index (χ0) is 40.5. The molecule has 1 amide bonds. The van der Waals surface area contributed by atoms with Gasteiger partial charge < -0.3 is 26.2 Å². The molecule has 0 saturated carbocycles. The molecule has 330 valence electrons. The lowest BCUT2D eigenvalue weighted by molar-refractivity contribution is -0.125. The fourth-order valence-corrected chi connectivity index (χ4v) is 8.18. The predicted octanol–water partition coefficient (Wildman–Crippen LogP) is 12.4. The molecule has 0 rings (SSSR count). The third-order valence-corrected chi connectivity index (χ3v) is 12.0. The molecule has 0 fully saturated rings. The van der Waals surface area contributed by atoms with Crippen LogP contribution in [-0.2, 0) is 18.4 Å². The number of nitrogens with two attached hydrogens (primary N) is 1. The minimum atomic E-state index is -4.37. The van der Waals surface area contributed by atoms with Gasteiger partial charge in [-0.1, -0.05) is 226 Å². The molecule has 6 N–H and O–H groups in total. The summed E-state index contributed by atoms with van der Waals surface area (Å²) < 4.78 is 22.2. The van der Waals surface area contributed by atoms with Crippen molar-refractivity contribution in [1.29, 1.82) is 0 Å². The Kier molecular flexibility index (Phi) is 41.2. The van der Waals surface area contributed by atoms with Crippen LogP contribution in [0.3, 0.4) is 0 Å². The first kappa shape index (κ1) is 54.5. The summed E-state index contributed by atoms with van der Waals surface area (Å²) >= 11 is 0. The number of nitrogens with one attached hydrogen (secondary N) is 1. The Balaban J connectivity index is 4.16. The number of phosphoric acid groups is 1. The van der Waals surface area contributed by atoms with E-state index >= 15 is 0 Å². The lowest BCUT2D eigenvalue weighted by Crippen LogP contribution is -2.47. The molecule has 0 saturated heterocycles. The molecule has 0 aliphatic carbocycles. The van der Waals surface area contributed by atoms with Crippen molar-refractivity contribution in [3.05, 3.63) is 0 Å². The van der Waals surface area contributed by atoms with Crippen LogP contribution in [-0.4, -0.2) is 59.0 Å². The normalized spacial score (nSPS) is 14.5. The first-order chi connectivity index (χ1) is 26.8. The van der Waals surface area contributed by atoms with Crippen molar-refractivity contribution in [2.75, 3.05) is 19.8 Å². The van der Waals surface area contributed by atoms with Crippen molar-refractivity contribution < 1.29 is 33.5 Å². The molecule has 9 nitrogen and oxygen atoms in total. The summed E-state index contributed by atoms with van der Waals surface area (Å²) in [4.78, 5) is 22.8. The smallest absolute Gasteiger partial charge is 0.393 e. The van der Waals surface area contributed by atoms with Crippen LogP contribution in [0.1, 0.15) is 245 Å². The van der Waals surface area contributed by atoms with E-state index in [1.807, 2.05) is 0 Å². The Labute approximate surface area is 340 Å². The van der Waals surface area contributed by atoms with E-state index in [4.69, 9.17) is 14.8 Å². The second-order valence-corrected chi connectivity index (χ2v) is 18.0. The van der Waals surface area contributed by atoms with Crippen molar-refractivity contribution in [1.82, 2.24) is 5.32 Å². The summed E-state index contributed by atoms with van der Waals surface area (Å²) in [5.41, 5.74) is 5.38. The summed E-state index contributed by atoms with van der Waals surface area (Å²) in [7, 11) is -4.37. The zero-order valence-corrected chi connectivity index (χ0v) is 37.2. The van der Waals surface area contributed by atoms with Crippen molar-refractivity contribution in [2.45, 2.75) is 263 Å². The number of carbonyl (C=O) groups is 1. The van der Waals surface area contributed by atoms with Crippen LogP contribution in [0.5, 0.6) is 0 Å². The van der Waals surface area contributed by atoms with Crippen LogP contribution in [0.2, 0.25) is 0 Å². The van der Waals surface area contributed by atoms with E-state index < -0.39 is 32.0 Å². The zero-order valence-electron chi connectivity index (χ0n) is 36.3. The number of unbranched alkanes of at least 4 members (excludes halogenated alkanes) is 31. The van der Waals surface area contributed by atoms with Crippen molar-refractivity contribution in [2.24, 2.45) is 5.73 Å². The van der Waals surface area contributed by atoms with Crippen molar-refractivity contribution in [3.63, 3.8) is 0 Å². The topological polar surface area (TPSA) is 151 Å². The number of carbonyl (C=O) groups excluding carboxylic acids is 1. The number of rotatable bonds is 45. The van der Waals surface area contributed by atoms with Gasteiger partial charge >= 0.3 is 7.82 Å². The van der Waals surface area contributed by atoms with Crippen LogP contribution in [0.4, 0.5) is 0 Å². The van der Waals surface area contributed by atoms with E-state index in [1.165, 1.54) is 173 Å². The van der Waals surface area contributed by atoms with Crippen LogP contribution in [0.25, 0.3) is 0 Å². The number of hydrogen-bond acceptors (Lipinski definition) is 7. The molecular formula is C45H93N2O7P. The standard InChI is InChI=1S/C45H93N2O7P/c1-3-5-7-9-11-13-15-17-19-20-21-23-24-26-28-30-32-34-36-42(48)40-45(50)47-43(41-54-55(51,52)53-39-38-46)44(49)37-35-33-31-29-27-25-22-18-16-14-12-10-8-6-4-2/h42-44,48-49H,3-41,46H2,1-2H3,(H,47,50)(H,51,52). The fraction of sp³-hybridized carbons (Fsp3) is 0.978. The third kappa shape index (κ3) is 40.0.